The average Bonchev–Trinajstić information content (AvgIpc) is 3.19. The second-order valence-electron chi connectivity index (χ2n) is 7.52. The molecule has 0 saturated heterocycles. The average molecular weight is 511 g/mol. The fourth-order valence-electron chi connectivity index (χ4n) is 3.72. The number of aliphatic hydroxyl groups excluding tert-OH is 1. The van der Waals surface area contributed by atoms with Crippen molar-refractivity contribution in [2.45, 2.75) is 51.5 Å². The molecular formula is C22H28BBrO4S2. The van der Waals surface area contributed by atoms with Gasteiger partial charge in [-0.1, -0.05) is 30.1 Å². The molecule has 1 aromatic rings. The molecule has 0 bridgehead atoms. The number of thiophene rings is 1. The van der Waals surface area contributed by atoms with Gasteiger partial charge in [0.2, 0.25) is 0 Å². The fraction of sp³-hybridized carbons (Fsp3) is 0.545. The van der Waals surface area contributed by atoms with Gasteiger partial charge in [-0.15, -0.1) is 23.1 Å². The maximum Gasteiger partial charge on any atom is 0.313 e. The van der Waals surface area contributed by atoms with E-state index in [0.717, 1.165) is 16.5 Å². The van der Waals surface area contributed by atoms with Gasteiger partial charge in [-0.25, -0.2) is 0 Å². The highest BCUT2D eigenvalue weighted by Gasteiger charge is 2.35. The number of rotatable bonds is 12. The van der Waals surface area contributed by atoms with Crippen LogP contribution in [0.4, 0.5) is 0 Å². The van der Waals surface area contributed by atoms with Gasteiger partial charge in [-0.05, 0) is 54.1 Å². The number of ketones is 1. The predicted octanol–water partition coefficient (Wildman–Crippen LogP) is 4.99. The largest absolute Gasteiger partial charge is 0.481 e. The first-order valence-electron chi connectivity index (χ1n) is 10.1. The normalized spacial score (nSPS) is 22.9. The van der Waals surface area contributed by atoms with E-state index in [0.29, 0.717) is 37.8 Å². The van der Waals surface area contributed by atoms with Crippen LogP contribution in [0.1, 0.15) is 35.4 Å². The molecule has 1 heterocycles. The third kappa shape index (κ3) is 8.02. The van der Waals surface area contributed by atoms with E-state index in [2.05, 4.69) is 28.9 Å². The van der Waals surface area contributed by atoms with Crippen molar-refractivity contribution in [3.05, 3.63) is 44.1 Å². The SMILES string of the molecule is [B]C[C@@H]1CC(O)[C@H](CC=CCSCC(=O)O)C1=CCC(=O)CCc1cc(Br)c(C)s1. The van der Waals surface area contributed by atoms with Gasteiger partial charge in [-0.2, -0.15) is 0 Å². The van der Waals surface area contributed by atoms with Crippen molar-refractivity contribution >= 4 is 58.6 Å². The maximum absolute atomic E-state index is 12.4. The molecule has 1 unspecified atom stereocenters. The summed E-state index contributed by atoms with van der Waals surface area (Å²) in [4.78, 5) is 25.4. The van der Waals surface area contributed by atoms with E-state index in [4.69, 9.17) is 13.0 Å². The van der Waals surface area contributed by atoms with Crippen LogP contribution in [0, 0.1) is 18.8 Å². The van der Waals surface area contributed by atoms with Crippen molar-refractivity contribution in [3.63, 3.8) is 0 Å². The number of carboxylic acid groups (broad SMARTS) is 1. The minimum atomic E-state index is -0.817. The van der Waals surface area contributed by atoms with Crippen molar-refractivity contribution in [3.8, 4) is 0 Å². The van der Waals surface area contributed by atoms with E-state index in [1.54, 1.807) is 11.3 Å². The number of allylic oxidation sites excluding steroid dienone is 2. The smallest absolute Gasteiger partial charge is 0.313 e. The maximum atomic E-state index is 12.4. The van der Waals surface area contributed by atoms with Crippen LogP contribution in [-0.2, 0) is 16.0 Å². The van der Waals surface area contributed by atoms with Crippen LogP contribution in [0.5, 0.6) is 0 Å². The van der Waals surface area contributed by atoms with Gasteiger partial charge in [0, 0.05) is 38.7 Å². The van der Waals surface area contributed by atoms with Gasteiger partial charge in [-0.3, -0.25) is 9.59 Å². The first kappa shape index (κ1) is 25.4. The Morgan fingerprint density at radius 2 is 2.17 bits per heavy atom. The van der Waals surface area contributed by atoms with E-state index in [-0.39, 0.29) is 23.4 Å². The standard InChI is InChI=1S/C22H28BBrO4S2/c1-14-20(24)11-17(30-14)7-5-16(25)6-8-18-15(12-23)10-21(26)19(18)4-2-3-9-29-13-22(27)28/h2-3,8,11,15,19,21,26H,4-7,9-10,12-13H2,1H3,(H,27,28)/t15-,19+,21?/m0/s1. The Hall–Kier alpha value is -0.825. The second kappa shape index (κ2) is 12.9. The van der Waals surface area contributed by atoms with Crippen LogP contribution in [-0.4, -0.2) is 47.4 Å². The highest BCUT2D eigenvalue weighted by Crippen LogP contribution is 2.41. The number of halogens is 1. The van der Waals surface area contributed by atoms with Crippen LogP contribution in [0.3, 0.4) is 0 Å². The number of aliphatic carboxylic acids is 1. The molecule has 1 aliphatic carbocycles. The summed E-state index contributed by atoms with van der Waals surface area (Å²) < 4.78 is 1.10. The van der Waals surface area contributed by atoms with E-state index < -0.39 is 12.1 Å². The third-order valence-electron chi connectivity index (χ3n) is 5.29. The minimum absolute atomic E-state index is 0.0250. The fourth-order valence-corrected chi connectivity index (χ4v) is 5.89. The van der Waals surface area contributed by atoms with Crippen LogP contribution in [0.2, 0.25) is 6.32 Å². The Morgan fingerprint density at radius 3 is 2.80 bits per heavy atom. The van der Waals surface area contributed by atoms with Gasteiger partial charge < -0.3 is 10.2 Å². The molecule has 4 nitrogen and oxygen atoms in total. The first-order valence-corrected chi connectivity index (χ1v) is 12.9. The van der Waals surface area contributed by atoms with Crippen molar-refractivity contribution < 1.29 is 19.8 Å². The Labute approximate surface area is 196 Å². The summed E-state index contributed by atoms with van der Waals surface area (Å²) >= 11 is 6.57. The van der Waals surface area contributed by atoms with Crippen molar-refractivity contribution in [1.29, 1.82) is 0 Å². The zero-order valence-electron chi connectivity index (χ0n) is 17.2. The molecule has 0 spiro atoms. The molecule has 1 aromatic heterocycles. The van der Waals surface area contributed by atoms with E-state index in [9.17, 15) is 14.7 Å². The number of hydrogen-bond acceptors (Lipinski definition) is 5. The van der Waals surface area contributed by atoms with Crippen molar-refractivity contribution in [1.82, 2.24) is 0 Å². The molecule has 2 N–H and O–H groups in total. The van der Waals surface area contributed by atoms with Gasteiger partial charge >= 0.3 is 5.97 Å². The molecule has 0 aromatic carbocycles. The lowest BCUT2D eigenvalue weighted by molar-refractivity contribution is -0.133. The first-order chi connectivity index (χ1) is 14.3. The molecule has 1 fully saturated rings. The highest BCUT2D eigenvalue weighted by atomic mass is 79.9. The molecule has 162 valence electrons. The summed E-state index contributed by atoms with van der Waals surface area (Å²) in [6, 6.07) is 2.08. The molecule has 30 heavy (non-hydrogen) atoms. The summed E-state index contributed by atoms with van der Waals surface area (Å²) in [7, 11) is 5.91. The molecule has 2 rings (SSSR count). The zero-order valence-corrected chi connectivity index (χ0v) is 20.4. The summed E-state index contributed by atoms with van der Waals surface area (Å²) in [5, 5.41) is 19.1. The molecule has 0 aliphatic heterocycles. The van der Waals surface area contributed by atoms with Gasteiger partial charge in [0.1, 0.15) is 5.78 Å². The Morgan fingerprint density at radius 1 is 1.40 bits per heavy atom. The quantitative estimate of drug-likeness (QED) is 0.235. The Balaban J connectivity index is 1.89. The number of carboxylic acids is 1. The number of carbonyl (C=O) groups excluding carboxylic acids is 1. The van der Waals surface area contributed by atoms with E-state index in [1.165, 1.54) is 21.5 Å². The highest BCUT2D eigenvalue weighted by molar-refractivity contribution is 9.10. The number of aryl methyl sites for hydroxylation is 2. The summed E-state index contributed by atoms with van der Waals surface area (Å²) in [5.41, 5.74) is 1.09. The van der Waals surface area contributed by atoms with Crippen LogP contribution in [0.15, 0.2) is 34.3 Å². The van der Waals surface area contributed by atoms with Gasteiger partial charge in [0.25, 0.3) is 0 Å². The van der Waals surface area contributed by atoms with Crippen LogP contribution < -0.4 is 0 Å². The van der Waals surface area contributed by atoms with Crippen LogP contribution in [0.25, 0.3) is 0 Å². The molecule has 1 aliphatic rings. The zero-order chi connectivity index (χ0) is 22.1. The molecule has 0 amide bonds. The lowest BCUT2D eigenvalue weighted by Gasteiger charge is -2.16. The van der Waals surface area contributed by atoms with Gasteiger partial charge in [0.15, 0.2) is 0 Å². The summed E-state index contributed by atoms with van der Waals surface area (Å²) in [6.07, 6.45) is 8.88. The predicted molar refractivity (Wildman–Crippen MR) is 130 cm³/mol. The summed E-state index contributed by atoms with van der Waals surface area (Å²) in [5.74, 6) is 0.182. The van der Waals surface area contributed by atoms with Crippen molar-refractivity contribution in [2.24, 2.45) is 11.8 Å². The molecule has 8 heteroatoms. The molecule has 3 atom stereocenters. The Kier molecular flexibility index (Phi) is 10.9. The Bertz CT molecular complexity index is 771. The number of carbonyl (C=O) groups is 2. The van der Waals surface area contributed by atoms with Crippen molar-refractivity contribution in [2.75, 3.05) is 11.5 Å². The summed E-state index contributed by atoms with van der Waals surface area (Å²) in [6.45, 7) is 2.06. The lowest BCUT2D eigenvalue weighted by atomic mass is 9.84. The number of thioether (sulfide) groups is 1. The van der Waals surface area contributed by atoms with E-state index >= 15 is 0 Å². The van der Waals surface area contributed by atoms with Crippen LogP contribution >= 0.6 is 39.0 Å². The minimum Gasteiger partial charge on any atom is -0.481 e. The number of hydrogen-bond donors (Lipinski definition) is 2. The number of aliphatic hydroxyl groups is 1. The molecular weight excluding hydrogens is 483 g/mol. The number of Topliss-reactive ketones (excluding diaryl/α,β-unsaturated/α-hetero) is 1. The monoisotopic (exact) mass is 510 g/mol. The third-order valence-corrected chi connectivity index (χ3v) is 8.37. The van der Waals surface area contributed by atoms with Gasteiger partial charge in [0.05, 0.1) is 19.7 Å². The van der Waals surface area contributed by atoms with E-state index in [1.807, 2.05) is 18.2 Å². The topological polar surface area (TPSA) is 74.6 Å². The second-order valence-corrected chi connectivity index (χ2v) is 10.7. The lowest BCUT2D eigenvalue weighted by Crippen LogP contribution is -2.13. The molecule has 1 saturated carbocycles. The molecule has 2 radical (unpaired) electrons.